The standard InChI is InChI=1S/C22H36NO4P/c1-2-3-4-5-6-7-8-9-10-11-12-13-14-15-16-17-18-19-22(24)23-20-21-27-28(25)26/h6-7,9-10,12-13,15-16H,2-5,8,11,14,17-21H2,1H3,(H,23,24)/b7-6-,10-9-,13-12-,16-15-. The van der Waals surface area contributed by atoms with Crippen LogP contribution in [0.3, 0.4) is 0 Å². The summed E-state index contributed by atoms with van der Waals surface area (Å²) >= 11 is 0. The summed E-state index contributed by atoms with van der Waals surface area (Å²) in [6.45, 7) is 2.43. The Kier molecular flexibility index (Phi) is 20.3. The maximum atomic E-state index is 11.5. The van der Waals surface area contributed by atoms with Crippen molar-refractivity contribution >= 4 is 13.8 Å². The average molecular weight is 410 g/mol. The molecule has 28 heavy (non-hydrogen) atoms. The second-order valence-electron chi connectivity index (χ2n) is 6.39. The molecule has 6 heteroatoms. The van der Waals surface area contributed by atoms with Crippen LogP contribution in [-0.4, -0.2) is 19.1 Å². The minimum absolute atomic E-state index is 0.0123. The lowest BCUT2D eigenvalue weighted by Crippen LogP contribution is -2.26. The molecule has 1 N–H and O–H groups in total. The molecule has 0 aliphatic carbocycles. The molecule has 0 aromatic carbocycles. The van der Waals surface area contributed by atoms with E-state index in [1.807, 2.05) is 0 Å². The van der Waals surface area contributed by atoms with Gasteiger partial charge in [0, 0.05) is 13.0 Å². The molecule has 5 nitrogen and oxygen atoms in total. The summed E-state index contributed by atoms with van der Waals surface area (Å²) < 4.78 is 24.7. The zero-order valence-electron chi connectivity index (χ0n) is 17.2. The molecule has 0 saturated heterocycles. The van der Waals surface area contributed by atoms with E-state index in [0.29, 0.717) is 6.42 Å². The zero-order valence-corrected chi connectivity index (χ0v) is 18.1. The fourth-order valence-electron chi connectivity index (χ4n) is 2.34. The summed E-state index contributed by atoms with van der Waals surface area (Å²) in [5.41, 5.74) is 0. The largest absolute Gasteiger partial charge is 0.468 e. The molecule has 158 valence electrons. The highest BCUT2D eigenvalue weighted by molar-refractivity contribution is 7.24. The Morgan fingerprint density at radius 3 is 1.89 bits per heavy atom. The van der Waals surface area contributed by atoms with Crippen LogP contribution < -0.4 is 5.32 Å². The highest BCUT2D eigenvalue weighted by Gasteiger charge is 1.99. The third-order valence-corrected chi connectivity index (χ3v) is 4.25. The van der Waals surface area contributed by atoms with E-state index in [2.05, 4.69) is 65.4 Å². The molecule has 0 radical (unpaired) electrons. The Hall–Kier alpha value is -1.71. The molecule has 0 rings (SSSR count). The third-order valence-electron chi connectivity index (χ3n) is 3.85. The molecule has 0 aromatic rings. The Balaban J connectivity index is 3.48. The molecule has 0 aromatic heterocycles. The van der Waals surface area contributed by atoms with Crippen LogP contribution in [0.1, 0.15) is 71.1 Å². The number of hydrogen-bond donors (Lipinski definition) is 1. The Labute approximate surface area is 170 Å². The van der Waals surface area contributed by atoms with Gasteiger partial charge in [0.15, 0.2) is 0 Å². The minimum Gasteiger partial charge on any atom is -0.354 e. The van der Waals surface area contributed by atoms with Crippen LogP contribution in [0.5, 0.6) is 0 Å². The molecule has 0 spiro atoms. The molecule has 0 atom stereocenters. The van der Waals surface area contributed by atoms with E-state index < -0.39 is 7.91 Å². The molecule has 0 bridgehead atoms. The first kappa shape index (κ1) is 26.3. The van der Waals surface area contributed by atoms with Crippen molar-refractivity contribution in [3.05, 3.63) is 48.6 Å². The van der Waals surface area contributed by atoms with Gasteiger partial charge >= 0.3 is 7.91 Å². The van der Waals surface area contributed by atoms with Gasteiger partial charge in [-0.3, -0.25) is 9.32 Å². The van der Waals surface area contributed by atoms with Crippen molar-refractivity contribution < 1.29 is 18.4 Å². The van der Waals surface area contributed by atoms with Gasteiger partial charge in [0.2, 0.25) is 5.91 Å². The number of rotatable bonds is 18. The smallest absolute Gasteiger partial charge is 0.354 e. The fourth-order valence-corrected chi connectivity index (χ4v) is 2.58. The van der Waals surface area contributed by atoms with Crippen LogP contribution >= 0.6 is 7.91 Å². The average Bonchev–Trinajstić information content (AvgIpc) is 2.67. The van der Waals surface area contributed by atoms with Gasteiger partial charge in [-0.05, 0) is 44.9 Å². The lowest BCUT2D eigenvalue weighted by Gasteiger charge is -2.02. The van der Waals surface area contributed by atoms with Crippen LogP contribution in [0.2, 0.25) is 0 Å². The predicted octanol–water partition coefficient (Wildman–Crippen LogP) is 6.35. The van der Waals surface area contributed by atoms with Gasteiger partial charge in [0.05, 0.1) is 6.61 Å². The van der Waals surface area contributed by atoms with Crippen LogP contribution in [0.4, 0.5) is 0 Å². The number of nitrogens with one attached hydrogen (secondary N) is 1. The number of unbranched alkanes of at least 4 members (excludes halogenated alkanes) is 4. The van der Waals surface area contributed by atoms with Crippen molar-refractivity contribution in [2.24, 2.45) is 0 Å². The van der Waals surface area contributed by atoms with E-state index in [1.165, 1.54) is 25.7 Å². The Bertz CT molecular complexity index is 555. The van der Waals surface area contributed by atoms with Crippen LogP contribution in [-0.2, 0) is 18.4 Å². The van der Waals surface area contributed by atoms with E-state index in [9.17, 15) is 13.9 Å². The normalized spacial score (nSPS) is 12.0. The van der Waals surface area contributed by atoms with Gasteiger partial charge in [-0.15, -0.1) is 0 Å². The molecule has 0 saturated carbocycles. The van der Waals surface area contributed by atoms with Gasteiger partial charge in [-0.2, -0.15) is 0 Å². The van der Waals surface area contributed by atoms with E-state index >= 15 is 0 Å². The summed E-state index contributed by atoms with van der Waals surface area (Å²) in [4.78, 5) is 11.5. The van der Waals surface area contributed by atoms with E-state index in [-0.39, 0.29) is 19.1 Å². The fraction of sp³-hybridized carbons (Fsp3) is 0.591. The second-order valence-corrected chi connectivity index (χ2v) is 7.09. The highest BCUT2D eigenvalue weighted by Crippen LogP contribution is 2.03. The van der Waals surface area contributed by atoms with Gasteiger partial charge in [0.1, 0.15) is 0 Å². The molecule has 0 unspecified atom stereocenters. The second kappa shape index (κ2) is 21.6. The van der Waals surface area contributed by atoms with Crippen LogP contribution in [0.15, 0.2) is 48.6 Å². The molecular weight excluding hydrogens is 373 g/mol. The summed E-state index contributed by atoms with van der Waals surface area (Å²) in [5, 5.41) is 2.62. The molecule has 0 aliphatic heterocycles. The molecule has 1 amide bonds. The topological polar surface area (TPSA) is 72.5 Å². The Morgan fingerprint density at radius 2 is 1.36 bits per heavy atom. The monoisotopic (exact) mass is 409 g/mol. The third kappa shape index (κ3) is 22.3. The lowest BCUT2D eigenvalue weighted by atomic mass is 10.2. The van der Waals surface area contributed by atoms with Crippen molar-refractivity contribution in [1.82, 2.24) is 5.32 Å². The number of allylic oxidation sites excluding steroid dienone is 8. The van der Waals surface area contributed by atoms with Crippen molar-refractivity contribution in [3.8, 4) is 0 Å². The number of hydrogen-bond acceptors (Lipinski definition) is 4. The summed E-state index contributed by atoms with van der Waals surface area (Å²) in [7, 11) is -2.83. The van der Waals surface area contributed by atoms with Crippen molar-refractivity contribution in [1.29, 1.82) is 0 Å². The van der Waals surface area contributed by atoms with Gasteiger partial charge in [-0.25, -0.2) is 9.13 Å². The maximum absolute atomic E-state index is 11.5. The van der Waals surface area contributed by atoms with Crippen molar-refractivity contribution in [2.45, 2.75) is 71.1 Å². The van der Waals surface area contributed by atoms with Gasteiger partial charge in [0.25, 0.3) is 0 Å². The first-order valence-corrected chi connectivity index (χ1v) is 11.4. The first-order valence-electron chi connectivity index (χ1n) is 10.3. The Morgan fingerprint density at radius 1 is 0.821 bits per heavy atom. The summed E-state index contributed by atoms with van der Waals surface area (Å²) in [6.07, 6.45) is 27.4. The van der Waals surface area contributed by atoms with E-state index in [1.54, 1.807) is 0 Å². The van der Waals surface area contributed by atoms with Crippen LogP contribution in [0, 0.1) is 0 Å². The lowest BCUT2D eigenvalue weighted by molar-refractivity contribution is -0.121. The number of amides is 1. The maximum Gasteiger partial charge on any atom is 0.468 e. The molecule has 0 aliphatic rings. The number of carbonyl (C=O) groups is 1. The summed E-state index contributed by atoms with van der Waals surface area (Å²) in [5.74, 6) is -0.0828. The SMILES string of the molecule is CCCCC/C=C\C/C=C\C/C=C\C/C=C\CCCC(=O)NCCOP(=O)=O. The van der Waals surface area contributed by atoms with E-state index in [4.69, 9.17) is 0 Å². The van der Waals surface area contributed by atoms with Crippen molar-refractivity contribution in [3.63, 3.8) is 0 Å². The van der Waals surface area contributed by atoms with Crippen molar-refractivity contribution in [2.75, 3.05) is 13.2 Å². The predicted molar refractivity (Wildman–Crippen MR) is 116 cm³/mol. The van der Waals surface area contributed by atoms with E-state index in [0.717, 1.165) is 32.1 Å². The minimum atomic E-state index is -2.83. The number of carbonyl (C=O) groups excluding carboxylic acids is 1. The quantitative estimate of drug-likeness (QED) is 0.163. The molecular formula is C22H36NO4P. The first-order chi connectivity index (χ1) is 13.7. The zero-order chi connectivity index (χ0) is 20.7. The summed E-state index contributed by atoms with van der Waals surface area (Å²) in [6, 6.07) is 0. The van der Waals surface area contributed by atoms with Gasteiger partial charge in [-0.1, -0.05) is 68.4 Å². The van der Waals surface area contributed by atoms with Crippen LogP contribution in [0.25, 0.3) is 0 Å². The molecule has 0 heterocycles. The molecule has 0 fully saturated rings. The highest BCUT2D eigenvalue weighted by atomic mass is 31.1. The van der Waals surface area contributed by atoms with Gasteiger partial charge < -0.3 is 5.32 Å².